The number of hydrogen-bond acceptors (Lipinski definition) is 4. The van der Waals surface area contributed by atoms with Gasteiger partial charge in [-0.1, -0.05) is 59.0 Å². The van der Waals surface area contributed by atoms with E-state index in [4.69, 9.17) is 9.47 Å². The minimum Gasteiger partial charge on any atom is -0.466 e. The number of ether oxygens (including phenoxy) is 2. The Morgan fingerprint density at radius 3 is 1.53 bits per heavy atom. The molecule has 0 fully saturated rings. The molecule has 0 aromatic carbocycles. The zero-order valence-electron chi connectivity index (χ0n) is 11.5. The molecule has 0 saturated carbocycles. The predicted octanol–water partition coefficient (Wildman–Crippen LogP) is 3.67. The van der Waals surface area contributed by atoms with Gasteiger partial charge in [0.2, 0.25) is 0 Å². The average Bonchev–Trinajstić information content (AvgIpc) is 2.25. The molecule has 0 saturated heterocycles. The van der Waals surface area contributed by atoms with Gasteiger partial charge in [-0.05, 0) is 19.3 Å². The number of halogens is 2. The number of alkyl halides is 2. The second kappa shape index (κ2) is 12.2. The third-order valence-electron chi connectivity index (χ3n) is 2.21. The first kappa shape index (κ1) is 19.4. The van der Waals surface area contributed by atoms with Crippen molar-refractivity contribution in [1.82, 2.24) is 0 Å². The molecule has 4 nitrogen and oxygen atoms in total. The van der Waals surface area contributed by atoms with Crippen LogP contribution in [0.25, 0.3) is 0 Å². The molecule has 0 radical (unpaired) electrons. The van der Waals surface area contributed by atoms with Gasteiger partial charge in [-0.3, -0.25) is 9.59 Å². The van der Waals surface area contributed by atoms with Gasteiger partial charge in [0, 0.05) is 7.85 Å². The third-order valence-corrected chi connectivity index (χ3v) is 3.09. The van der Waals surface area contributed by atoms with Gasteiger partial charge in [-0.25, -0.2) is 0 Å². The van der Waals surface area contributed by atoms with E-state index in [1.165, 1.54) is 0 Å². The lowest BCUT2D eigenvalue weighted by molar-refractivity contribution is -0.143. The SMILES string of the molecule is CC(I)CC(=O)OCCCCCOC(=O)CC(C)I. The minimum absolute atomic E-state index is 0.135. The van der Waals surface area contributed by atoms with E-state index in [9.17, 15) is 9.59 Å². The van der Waals surface area contributed by atoms with Crippen molar-refractivity contribution < 1.29 is 19.1 Å². The smallest absolute Gasteiger partial charge is 0.306 e. The summed E-state index contributed by atoms with van der Waals surface area (Å²) in [5.74, 6) is -0.270. The number of carbonyl (C=O) groups excluding carboxylic acids is 2. The Morgan fingerprint density at radius 1 is 0.842 bits per heavy atom. The fourth-order valence-corrected chi connectivity index (χ4v) is 2.05. The van der Waals surface area contributed by atoms with Crippen molar-refractivity contribution in [3.05, 3.63) is 0 Å². The van der Waals surface area contributed by atoms with Crippen LogP contribution in [0.15, 0.2) is 0 Å². The van der Waals surface area contributed by atoms with Gasteiger partial charge in [0.25, 0.3) is 0 Å². The first-order valence-electron chi connectivity index (χ1n) is 6.51. The Hall–Kier alpha value is 0.400. The van der Waals surface area contributed by atoms with E-state index in [1.807, 2.05) is 13.8 Å². The average molecular weight is 496 g/mol. The Morgan fingerprint density at radius 2 is 1.21 bits per heavy atom. The molecular formula is C13H22I2O4. The second-order valence-corrected chi connectivity index (χ2v) is 8.72. The van der Waals surface area contributed by atoms with E-state index < -0.39 is 0 Å². The quantitative estimate of drug-likeness (QED) is 0.201. The largest absolute Gasteiger partial charge is 0.466 e. The number of rotatable bonds is 10. The van der Waals surface area contributed by atoms with Crippen LogP contribution in [0.5, 0.6) is 0 Å². The number of hydrogen-bond donors (Lipinski definition) is 0. The lowest BCUT2D eigenvalue weighted by Crippen LogP contribution is -2.11. The zero-order valence-corrected chi connectivity index (χ0v) is 15.8. The molecule has 0 aliphatic heterocycles. The summed E-state index contributed by atoms with van der Waals surface area (Å²) in [6, 6.07) is 0. The number of esters is 2. The first-order chi connectivity index (χ1) is 8.91. The molecular weight excluding hydrogens is 474 g/mol. The van der Waals surface area contributed by atoms with Crippen LogP contribution >= 0.6 is 45.2 Å². The molecule has 0 aromatic rings. The second-order valence-electron chi connectivity index (χ2n) is 4.47. The van der Waals surface area contributed by atoms with Crippen molar-refractivity contribution in [2.24, 2.45) is 0 Å². The van der Waals surface area contributed by atoms with Crippen LogP contribution in [0.3, 0.4) is 0 Å². The number of unbranched alkanes of at least 4 members (excludes halogenated alkanes) is 2. The predicted molar refractivity (Wildman–Crippen MR) is 92.0 cm³/mol. The monoisotopic (exact) mass is 496 g/mol. The summed E-state index contributed by atoms with van der Waals surface area (Å²) in [6.45, 7) is 4.88. The van der Waals surface area contributed by atoms with E-state index in [-0.39, 0.29) is 11.9 Å². The van der Waals surface area contributed by atoms with Gasteiger partial charge in [0.1, 0.15) is 0 Å². The molecule has 0 aliphatic rings. The highest BCUT2D eigenvalue weighted by Crippen LogP contribution is 2.07. The number of carbonyl (C=O) groups is 2. The fraction of sp³-hybridized carbons (Fsp3) is 0.846. The van der Waals surface area contributed by atoms with Gasteiger partial charge < -0.3 is 9.47 Å². The molecule has 0 aromatic heterocycles. The van der Waals surface area contributed by atoms with Gasteiger partial charge in [-0.15, -0.1) is 0 Å². The maximum absolute atomic E-state index is 11.2. The molecule has 2 unspecified atom stereocenters. The van der Waals surface area contributed by atoms with Crippen molar-refractivity contribution in [1.29, 1.82) is 0 Å². The Bertz CT molecular complexity index is 241. The van der Waals surface area contributed by atoms with Crippen molar-refractivity contribution in [3.8, 4) is 0 Å². The topological polar surface area (TPSA) is 52.6 Å². The molecule has 0 heterocycles. The van der Waals surface area contributed by atoms with Crippen molar-refractivity contribution in [2.45, 2.75) is 53.8 Å². The maximum Gasteiger partial charge on any atom is 0.306 e. The van der Waals surface area contributed by atoms with Crippen LogP contribution in [0.2, 0.25) is 0 Å². The van der Waals surface area contributed by atoms with Gasteiger partial charge in [0.05, 0.1) is 26.1 Å². The Balaban J connectivity index is 3.32. The molecule has 112 valence electrons. The van der Waals surface area contributed by atoms with Crippen molar-refractivity contribution >= 4 is 57.1 Å². The van der Waals surface area contributed by atoms with Gasteiger partial charge in [0.15, 0.2) is 0 Å². The van der Waals surface area contributed by atoms with Gasteiger partial charge >= 0.3 is 11.9 Å². The standard InChI is InChI=1S/C13H22I2O4/c1-10(14)8-12(16)18-6-4-3-5-7-19-13(17)9-11(2)15/h10-11H,3-9H2,1-2H3. The van der Waals surface area contributed by atoms with Gasteiger partial charge in [-0.2, -0.15) is 0 Å². The molecule has 0 N–H and O–H groups in total. The molecule has 0 rings (SSSR count). The molecule has 2 atom stereocenters. The molecule has 0 spiro atoms. The summed E-state index contributed by atoms with van der Waals surface area (Å²) < 4.78 is 10.8. The molecule has 0 bridgehead atoms. The molecule has 6 heteroatoms. The van der Waals surface area contributed by atoms with Crippen LogP contribution in [0.1, 0.15) is 46.0 Å². The Kier molecular flexibility index (Phi) is 12.4. The first-order valence-corrected chi connectivity index (χ1v) is 9.00. The zero-order chi connectivity index (χ0) is 14.7. The van der Waals surface area contributed by atoms with Crippen molar-refractivity contribution in [3.63, 3.8) is 0 Å². The molecule has 0 amide bonds. The molecule has 19 heavy (non-hydrogen) atoms. The van der Waals surface area contributed by atoms with E-state index in [0.717, 1.165) is 19.3 Å². The van der Waals surface area contributed by atoms with Crippen LogP contribution < -0.4 is 0 Å². The third kappa shape index (κ3) is 14.6. The van der Waals surface area contributed by atoms with E-state index in [0.29, 0.717) is 33.9 Å². The highest BCUT2D eigenvalue weighted by Gasteiger charge is 2.07. The lowest BCUT2D eigenvalue weighted by Gasteiger charge is -2.07. The summed E-state index contributed by atoms with van der Waals surface area (Å²) in [5, 5.41) is 0. The normalized spacial score (nSPS) is 13.7. The summed E-state index contributed by atoms with van der Waals surface area (Å²) in [5.41, 5.74) is 0. The minimum atomic E-state index is -0.135. The molecule has 0 aliphatic carbocycles. The van der Waals surface area contributed by atoms with Crippen LogP contribution in [-0.4, -0.2) is 33.0 Å². The van der Waals surface area contributed by atoms with Crippen LogP contribution in [-0.2, 0) is 19.1 Å². The highest BCUT2D eigenvalue weighted by atomic mass is 127. The van der Waals surface area contributed by atoms with Crippen molar-refractivity contribution in [2.75, 3.05) is 13.2 Å². The fourth-order valence-electron chi connectivity index (χ4n) is 1.33. The summed E-state index contributed by atoms with van der Waals surface area (Å²) in [7, 11) is 0. The van der Waals surface area contributed by atoms with Crippen LogP contribution in [0, 0.1) is 0 Å². The van der Waals surface area contributed by atoms with E-state index in [1.54, 1.807) is 0 Å². The van der Waals surface area contributed by atoms with Crippen LogP contribution in [0.4, 0.5) is 0 Å². The summed E-state index contributed by atoms with van der Waals surface area (Å²) in [4.78, 5) is 22.5. The van der Waals surface area contributed by atoms with E-state index in [2.05, 4.69) is 45.2 Å². The van der Waals surface area contributed by atoms with E-state index >= 15 is 0 Å². The summed E-state index contributed by atoms with van der Waals surface area (Å²) in [6.07, 6.45) is 3.47. The Labute approximate surface area is 142 Å². The highest BCUT2D eigenvalue weighted by molar-refractivity contribution is 14.1. The summed E-state index contributed by atoms with van der Waals surface area (Å²) >= 11 is 4.40. The lowest BCUT2D eigenvalue weighted by atomic mass is 10.2. The maximum atomic E-state index is 11.2.